The van der Waals surface area contributed by atoms with E-state index in [1.54, 1.807) is 12.2 Å². The summed E-state index contributed by atoms with van der Waals surface area (Å²) < 4.78 is 23.1. The third-order valence-electron chi connectivity index (χ3n) is 0.719. The van der Waals surface area contributed by atoms with Crippen LogP contribution in [0, 0.1) is 0 Å². The summed E-state index contributed by atoms with van der Waals surface area (Å²) in [6.07, 6.45) is 4.45. The first-order valence-electron chi connectivity index (χ1n) is 2.72. The molecule has 60 valence electrons. The standard InChI is InChI=1S/C5H10ClNO2S/c1-10(8,9)7-5-3-2-4-6/h2-3,7H,4-5H2,1H3. The molecule has 3 nitrogen and oxygen atoms in total. The van der Waals surface area contributed by atoms with E-state index >= 15 is 0 Å². The quantitative estimate of drug-likeness (QED) is 0.505. The molecule has 0 atom stereocenters. The minimum Gasteiger partial charge on any atom is -0.213 e. The second-order valence-electron chi connectivity index (χ2n) is 1.75. The van der Waals surface area contributed by atoms with Gasteiger partial charge >= 0.3 is 0 Å². The lowest BCUT2D eigenvalue weighted by atomic mass is 10.5. The molecule has 0 saturated carbocycles. The van der Waals surface area contributed by atoms with Crippen molar-refractivity contribution in [3.8, 4) is 0 Å². The zero-order valence-electron chi connectivity index (χ0n) is 5.67. The van der Waals surface area contributed by atoms with Gasteiger partial charge in [0.05, 0.1) is 6.26 Å². The maximum atomic E-state index is 10.4. The number of rotatable bonds is 4. The number of hydrogen-bond donors (Lipinski definition) is 1. The van der Waals surface area contributed by atoms with Crippen molar-refractivity contribution in [2.45, 2.75) is 0 Å². The molecule has 10 heavy (non-hydrogen) atoms. The van der Waals surface area contributed by atoms with Crippen LogP contribution in [0.3, 0.4) is 0 Å². The van der Waals surface area contributed by atoms with Crippen LogP contribution < -0.4 is 4.72 Å². The molecule has 0 saturated heterocycles. The first kappa shape index (κ1) is 9.94. The first-order chi connectivity index (χ1) is 4.56. The van der Waals surface area contributed by atoms with Gasteiger partial charge in [0.1, 0.15) is 0 Å². The monoisotopic (exact) mass is 183 g/mol. The lowest BCUT2D eigenvalue weighted by Gasteiger charge is -1.94. The van der Waals surface area contributed by atoms with E-state index in [1.807, 2.05) is 0 Å². The van der Waals surface area contributed by atoms with Gasteiger partial charge in [0, 0.05) is 12.4 Å². The molecule has 0 fully saturated rings. The van der Waals surface area contributed by atoms with E-state index in [-0.39, 0.29) is 0 Å². The molecule has 0 radical (unpaired) electrons. The third kappa shape index (κ3) is 7.94. The molecule has 0 aromatic heterocycles. The Morgan fingerprint density at radius 2 is 2.10 bits per heavy atom. The number of allylic oxidation sites excluding steroid dienone is 1. The Hall–Kier alpha value is -0.0600. The van der Waals surface area contributed by atoms with Gasteiger partial charge in [-0.1, -0.05) is 12.2 Å². The highest BCUT2D eigenvalue weighted by atomic mass is 35.5. The Kier molecular flexibility index (Phi) is 4.68. The van der Waals surface area contributed by atoms with Crippen molar-refractivity contribution in [2.75, 3.05) is 18.7 Å². The van der Waals surface area contributed by atoms with Crippen molar-refractivity contribution in [3.05, 3.63) is 12.2 Å². The molecule has 5 heteroatoms. The molecule has 0 aromatic rings. The molecule has 0 unspecified atom stereocenters. The van der Waals surface area contributed by atoms with Crippen LogP contribution >= 0.6 is 11.6 Å². The zero-order chi connectivity index (χ0) is 8.04. The number of halogens is 1. The van der Waals surface area contributed by atoms with Gasteiger partial charge in [-0.15, -0.1) is 11.6 Å². The topological polar surface area (TPSA) is 46.2 Å². The average molecular weight is 184 g/mol. The van der Waals surface area contributed by atoms with Crippen molar-refractivity contribution >= 4 is 21.6 Å². The highest BCUT2D eigenvalue weighted by Crippen LogP contribution is 1.78. The van der Waals surface area contributed by atoms with E-state index in [2.05, 4.69) is 4.72 Å². The van der Waals surface area contributed by atoms with E-state index in [1.165, 1.54) is 0 Å². The van der Waals surface area contributed by atoms with Crippen LogP contribution in [-0.4, -0.2) is 27.1 Å². The fraction of sp³-hybridized carbons (Fsp3) is 0.600. The Morgan fingerprint density at radius 1 is 1.50 bits per heavy atom. The summed E-state index contributed by atoms with van der Waals surface area (Å²) in [4.78, 5) is 0. The van der Waals surface area contributed by atoms with Crippen molar-refractivity contribution < 1.29 is 8.42 Å². The maximum absolute atomic E-state index is 10.4. The van der Waals surface area contributed by atoms with Gasteiger partial charge in [0.15, 0.2) is 0 Å². The van der Waals surface area contributed by atoms with Crippen molar-refractivity contribution in [1.82, 2.24) is 4.72 Å². The lowest BCUT2D eigenvalue weighted by Crippen LogP contribution is -2.21. The maximum Gasteiger partial charge on any atom is 0.208 e. The van der Waals surface area contributed by atoms with E-state index in [0.29, 0.717) is 12.4 Å². The van der Waals surface area contributed by atoms with E-state index in [0.717, 1.165) is 6.26 Å². The Morgan fingerprint density at radius 3 is 2.50 bits per heavy atom. The fourth-order valence-electron chi connectivity index (χ4n) is 0.346. The van der Waals surface area contributed by atoms with Gasteiger partial charge in [-0.05, 0) is 0 Å². The van der Waals surface area contributed by atoms with Gasteiger partial charge in [-0.2, -0.15) is 0 Å². The second kappa shape index (κ2) is 4.71. The van der Waals surface area contributed by atoms with Gasteiger partial charge in [0.25, 0.3) is 0 Å². The summed E-state index contributed by atoms with van der Waals surface area (Å²) in [6, 6.07) is 0. The van der Waals surface area contributed by atoms with Crippen LogP contribution in [0.5, 0.6) is 0 Å². The summed E-state index contributed by atoms with van der Waals surface area (Å²) >= 11 is 5.29. The normalized spacial score (nSPS) is 12.6. The summed E-state index contributed by atoms with van der Waals surface area (Å²) in [5, 5.41) is 0. The van der Waals surface area contributed by atoms with Gasteiger partial charge in [0.2, 0.25) is 10.0 Å². The summed E-state index contributed by atoms with van der Waals surface area (Å²) in [6.45, 7) is 0.311. The highest BCUT2D eigenvalue weighted by molar-refractivity contribution is 7.88. The Balaban J connectivity index is 3.48. The molecule has 0 aliphatic heterocycles. The van der Waals surface area contributed by atoms with Crippen molar-refractivity contribution in [2.24, 2.45) is 0 Å². The zero-order valence-corrected chi connectivity index (χ0v) is 7.24. The molecule has 0 aliphatic carbocycles. The van der Waals surface area contributed by atoms with E-state index in [9.17, 15) is 8.42 Å². The van der Waals surface area contributed by atoms with Crippen LogP contribution in [0.25, 0.3) is 0 Å². The van der Waals surface area contributed by atoms with Crippen LogP contribution in [-0.2, 0) is 10.0 Å². The van der Waals surface area contributed by atoms with Crippen LogP contribution in [0.4, 0.5) is 0 Å². The van der Waals surface area contributed by atoms with Gasteiger partial charge in [-0.25, -0.2) is 13.1 Å². The van der Waals surface area contributed by atoms with Crippen molar-refractivity contribution in [3.63, 3.8) is 0 Å². The average Bonchev–Trinajstić information content (AvgIpc) is 1.78. The van der Waals surface area contributed by atoms with E-state index < -0.39 is 10.0 Å². The van der Waals surface area contributed by atoms with E-state index in [4.69, 9.17) is 11.6 Å². The van der Waals surface area contributed by atoms with Gasteiger partial charge < -0.3 is 0 Å². The van der Waals surface area contributed by atoms with Gasteiger partial charge in [-0.3, -0.25) is 0 Å². The molecule has 0 amide bonds. The minimum atomic E-state index is -3.05. The predicted molar refractivity (Wildman–Crippen MR) is 42.7 cm³/mol. The van der Waals surface area contributed by atoms with Crippen LogP contribution in [0.15, 0.2) is 12.2 Å². The summed E-state index contributed by atoms with van der Waals surface area (Å²) in [7, 11) is -3.05. The molecule has 0 aliphatic rings. The second-order valence-corrected chi connectivity index (χ2v) is 3.89. The van der Waals surface area contributed by atoms with Crippen LogP contribution in [0.2, 0.25) is 0 Å². The van der Waals surface area contributed by atoms with Crippen LogP contribution in [0.1, 0.15) is 0 Å². The molecule has 0 rings (SSSR count). The SMILES string of the molecule is CS(=O)(=O)NCC=CCCl. The summed E-state index contributed by atoms with van der Waals surface area (Å²) in [5.74, 6) is 0.408. The number of nitrogens with one attached hydrogen (secondary N) is 1. The molecule has 0 heterocycles. The fourth-order valence-corrected chi connectivity index (χ4v) is 0.871. The molecule has 1 N–H and O–H groups in total. The molecule has 0 bridgehead atoms. The molecule has 0 aromatic carbocycles. The Labute approximate surface area is 66.1 Å². The molecule has 0 spiro atoms. The largest absolute Gasteiger partial charge is 0.213 e. The number of hydrogen-bond acceptors (Lipinski definition) is 2. The highest BCUT2D eigenvalue weighted by Gasteiger charge is 1.94. The van der Waals surface area contributed by atoms with Crippen molar-refractivity contribution in [1.29, 1.82) is 0 Å². The number of alkyl halides is 1. The molecular weight excluding hydrogens is 174 g/mol. The third-order valence-corrected chi connectivity index (χ3v) is 1.59. The smallest absolute Gasteiger partial charge is 0.208 e. The number of sulfonamides is 1. The predicted octanol–water partition coefficient (Wildman–Crippen LogP) is 0.331. The first-order valence-corrected chi connectivity index (χ1v) is 5.14. The lowest BCUT2D eigenvalue weighted by molar-refractivity contribution is 0.592. The Bertz CT molecular complexity index is 198. The minimum absolute atomic E-state index is 0.311. The molecular formula is C5H10ClNO2S. The summed E-state index contributed by atoms with van der Waals surface area (Å²) in [5.41, 5.74) is 0.